The first-order valence-corrected chi connectivity index (χ1v) is 30.8. The van der Waals surface area contributed by atoms with E-state index < -0.39 is 40.6 Å². The summed E-state index contributed by atoms with van der Waals surface area (Å²) in [4.78, 5) is 102. The number of anilines is 4. The van der Waals surface area contributed by atoms with Crippen LogP contribution in [-0.4, -0.2) is 159 Å². The molecule has 25 heteroatoms. The number of carbonyl (C=O) groups excluding carboxylic acids is 5. The number of rotatable bonds is 16. The molecule has 0 unspecified atom stereocenters. The average Bonchev–Trinajstić information content (AvgIpc) is 1.73. The number of fused-ring (bicyclic) bond motifs is 7. The number of imide groups is 1. The summed E-state index contributed by atoms with van der Waals surface area (Å²) in [6.45, 7) is 11.8. The van der Waals surface area contributed by atoms with E-state index in [4.69, 9.17) is 23.5 Å². The second-order valence-corrected chi connectivity index (χ2v) is 25.4. The number of amides is 5. The highest BCUT2D eigenvalue weighted by atomic mass is 16.5. The van der Waals surface area contributed by atoms with Crippen molar-refractivity contribution in [1.29, 1.82) is 0 Å². The number of carbonyl (C=O) groups is 6. The number of nitrogens with zero attached hydrogens (tertiary/aromatic N) is 9. The van der Waals surface area contributed by atoms with Crippen LogP contribution in [-0.2, 0) is 23.7 Å². The minimum absolute atomic E-state index is 0.0772. The van der Waals surface area contributed by atoms with Gasteiger partial charge in [-0.25, -0.2) is 24.7 Å². The lowest BCUT2D eigenvalue weighted by molar-refractivity contribution is 0.0626. The maximum Gasteiger partial charge on any atom is 0.358 e. The Hall–Kier alpha value is -10.4. The van der Waals surface area contributed by atoms with Gasteiger partial charge in [-0.1, -0.05) is 80.5 Å². The molecule has 1 atom stereocenters. The summed E-state index contributed by atoms with van der Waals surface area (Å²) in [7, 11) is 7.23. The Morgan fingerprint density at radius 3 is 1.51 bits per heavy atom. The molecule has 3 aliphatic heterocycles. The molecule has 4 aromatic heterocycles. The molecule has 0 radical (unpaired) electrons. The van der Waals surface area contributed by atoms with E-state index in [2.05, 4.69) is 75.7 Å². The molecule has 13 rings (SSSR count). The summed E-state index contributed by atoms with van der Waals surface area (Å²) in [5.74, 6) is -0.663. The molecule has 0 saturated carbocycles. The Balaban J connectivity index is 0.000000195. The van der Waals surface area contributed by atoms with Gasteiger partial charge in [0.1, 0.15) is 22.9 Å². The summed E-state index contributed by atoms with van der Waals surface area (Å²) in [6, 6.07) is 25.7. The van der Waals surface area contributed by atoms with Crippen molar-refractivity contribution in [3.05, 3.63) is 165 Å². The Morgan fingerprint density at radius 1 is 0.613 bits per heavy atom. The Bertz CT molecular complexity index is 4190. The summed E-state index contributed by atoms with van der Waals surface area (Å²) in [6.07, 6.45) is 7.96. The molecule has 2 saturated heterocycles. The van der Waals surface area contributed by atoms with Gasteiger partial charge in [0.25, 0.3) is 29.5 Å². The van der Waals surface area contributed by atoms with Crippen LogP contribution in [0.5, 0.6) is 11.5 Å². The second kappa shape index (κ2) is 25.7. The van der Waals surface area contributed by atoms with Gasteiger partial charge in [-0.2, -0.15) is 0 Å². The number of ether oxygens (including phenoxy) is 2. The molecular weight excluding hydrogens is 1190 g/mol. The van der Waals surface area contributed by atoms with Crippen LogP contribution in [0.4, 0.5) is 23.3 Å². The average molecular weight is 1260 g/mol. The quantitative estimate of drug-likeness (QED) is 0.0493. The number of hydrogen-bond acceptors (Lipinski definition) is 20. The molecule has 2 fully saturated rings. The molecule has 6 N–H and O–H groups in total. The number of methoxy groups -OCH3 is 2. The van der Waals surface area contributed by atoms with Crippen LogP contribution in [0, 0.1) is 0 Å². The summed E-state index contributed by atoms with van der Waals surface area (Å²) < 4.78 is 22.5. The van der Waals surface area contributed by atoms with Gasteiger partial charge in [0.05, 0.1) is 49.3 Å². The molecule has 2 aliphatic carbocycles. The maximum atomic E-state index is 14.1. The Morgan fingerprint density at radius 2 is 1.05 bits per heavy atom. The zero-order valence-electron chi connectivity index (χ0n) is 52.9. The lowest BCUT2D eigenvalue weighted by atomic mass is 9.74. The predicted molar refractivity (Wildman–Crippen MR) is 342 cm³/mol. The largest absolute Gasteiger partial charge is 0.495 e. The first kappa shape index (κ1) is 62.8. The standard InChI is InChI=1S/C42H42N8O6.C26H30N6O5/c1-42(2)21-29-34(38(52)45-32(24-10-6-5-7-11-24)23-50-39(53)27-12-8-9-13-28(27)40(50)54)48-56-36(29)35-30(42)22-43-41(47-35)46-31-15-14-25(20-33(31)55-4)37(51)44-26-16-18-49(3)19-17-26;1-26(2)12-16-20(24(34)35)31-37-22(16)21-17(26)13-27-25(30-21)29-18-6-5-14(11-19(18)36-4)23(33)28-15-7-9-32(3)10-8-15/h5-15,20,22,26,32H,16-19,21,23H2,1-4H3,(H,44,51)(H,45,52)(H,43,46,47);5-6,11,13,15H,7-10,12H2,1-4H3,(H,28,33)(H,34,35)(H,27,29,30)/t32-;/m1./s1. The van der Waals surface area contributed by atoms with E-state index in [0.29, 0.717) is 97.6 Å². The minimum atomic E-state index is -1.14. The van der Waals surface area contributed by atoms with Crippen molar-refractivity contribution < 1.29 is 52.4 Å². The van der Waals surface area contributed by atoms with Crippen molar-refractivity contribution in [2.24, 2.45) is 0 Å². The van der Waals surface area contributed by atoms with Crippen LogP contribution in [0.1, 0.15) is 150 Å². The van der Waals surface area contributed by atoms with Gasteiger partial charge < -0.3 is 60.0 Å². The molecule has 4 aromatic carbocycles. The highest BCUT2D eigenvalue weighted by Gasteiger charge is 2.42. The van der Waals surface area contributed by atoms with Crippen molar-refractivity contribution in [3.8, 4) is 34.4 Å². The summed E-state index contributed by atoms with van der Waals surface area (Å²) >= 11 is 0. The van der Waals surface area contributed by atoms with Gasteiger partial charge in [-0.15, -0.1) is 0 Å². The van der Waals surface area contributed by atoms with Crippen molar-refractivity contribution in [1.82, 2.24) is 60.9 Å². The molecule has 5 amide bonds. The fourth-order valence-electron chi connectivity index (χ4n) is 12.6. The molecule has 5 aliphatic rings. The molecule has 25 nitrogen and oxygen atoms in total. The lowest BCUT2D eigenvalue weighted by Gasteiger charge is -2.30. The van der Waals surface area contributed by atoms with Gasteiger partial charge in [-0.3, -0.25) is 28.9 Å². The second-order valence-electron chi connectivity index (χ2n) is 25.4. The Labute approximate surface area is 536 Å². The van der Waals surface area contributed by atoms with E-state index in [9.17, 15) is 33.9 Å². The van der Waals surface area contributed by atoms with Gasteiger partial charge >= 0.3 is 5.97 Å². The fraction of sp³-hybridized carbons (Fsp3) is 0.353. The van der Waals surface area contributed by atoms with Crippen molar-refractivity contribution in [3.63, 3.8) is 0 Å². The minimum Gasteiger partial charge on any atom is -0.495 e. The van der Waals surface area contributed by atoms with Gasteiger partial charge in [0, 0.05) is 57.9 Å². The third-order valence-electron chi connectivity index (χ3n) is 18.0. The Kier molecular flexibility index (Phi) is 17.4. The number of carboxylic acids is 1. The smallest absolute Gasteiger partial charge is 0.358 e. The van der Waals surface area contributed by atoms with Crippen molar-refractivity contribution in [2.45, 2.75) is 95.2 Å². The molecular formula is C68H72N14O11. The van der Waals surface area contributed by atoms with E-state index >= 15 is 0 Å². The monoisotopic (exact) mass is 1260 g/mol. The van der Waals surface area contributed by atoms with Crippen molar-refractivity contribution in [2.75, 3.05) is 71.7 Å². The lowest BCUT2D eigenvalue weighted by Crippen LogP contribution is -2.43. The van der Waals surface area contributed by atoms with Crippen LogP contribution >= 0.6 is 0 Å². The van der Waals surface area contributed by atoms with Gasteiger partial charge in [0.15, 0.2) is 22.9 Å². The SMILES string of the molecule is COc1cc(C(=O)NC2CCN(C)CC2)ccc1Nc1ncc2c(n1)-c1onc(C(=O)N[C@H](CN3C(=O)c4ccccc4C3=O)c3ccccc3)c1CC2(C)C.COc1cc(C(=O)NC2CCN(C)CC2)ccc1Nc1ncc2c(n1)-c1onc(C(=O)O)c1CC2(C)C. The third kappa shape index (κ3) is 12.8. The van der Waals surface area contributed by atoms with Crippen LogP contribution in [0.15, 0.2) is 112 Å². The number of nitrogens with one attached hydrogen (secondary N) is 5. The highest BCUT2D eigenvalue weighted by Crippen LogP contribution is 2.46. The highest BCUT2D eigenvalue weighted by molar-refractivity contribution is 6.21. The van der Waals surface area contributed by atoms with Crippen LogP contribution in [0.2, 0.25) is 0 Å². The molecule has 0 bridgehead atoms. The van der Waals surface area contributed by atoms with Crippen LogP contribution < -0.4 is 36.1 Å². The first-order valence-electron chi connectivity index (χ1n) is 30.8. The van der Waals surface area contributed by atoms with E-state index in [1.165, 1.54) is 19.1 Å². The van der Waals surface area contributed by atoms with E-state index in [1.54, 1.807) is 73.1 Å². The number of carboxylic acid groups (broad SMARTS) is 1. The number of aromatic carboxylic acids is 1. The van der Waals surface area contributed by atoms with E-state index in [-0.39, 0.29) is 53.7 Å². The first-order chi connectivity index (χ1) is 44.7. The zero-order chi connectivity index (χ0) is 65.5. The fourth-order valence-corrected chi connectivity index (χ4v) is 12.6. The number of benzene rings is 4. The maximum absolute atomic E-state index is 14.1. The molecule has 93 heavy (non-hydrogen) atoms. The van der Waals surface area contributed by atoms with Crippen LogP contribution in [0.25, 0.3) is 22.9 Å². The zero-order valence-corrected chi connectivity index (χ0v) is 52.9. The number of hydrogen-bond donors (Lipinski definition) is 6. The molecule has 480 valence electrons. The topological polar surface area (TPSA) is 315 Å². The number of aromatic nitrogens is 6. The third-order valence-corrected chi connectivity index (χ3v) is 18.0. The summed E-state index contributed by atoms with van der Waals surface area (Å²) in [5.41, 5.74) is 6.32. The number of likely N-dealkylation sites (tertiary alicyclic amines) is 2. The van der Waals surface area contributed by atoms with Crippen molar-refractivity contribution >= 4 is 58.8 Å². The normalized spacial score (nSPS) is 16.8. The molecule has 0 spiro atoms. The van der Waals surface area contributed by atoms with E-state index in [1.807, 2.05) is 58.0 Å². The molecule has 7 heterocycles. The summed E-state index contributed by atoms with van der Waals surface area (Å²) in [5, 5.41) is 33.2. The van der Waals surface area contributed by atoms with Gasteiger partial charge in [0.2, 0.25) is 11.9 Å². The van der Waals surface area contributed by atoms with Gasteiger partial charge in [-0.05, 0) is 144 Å². The van der Waals surface area contributed by atoms with E-state index in [0.717, 1.165) is 63.0 Å². The predicted octanol–water partition coefficient (Wildman–Crippen LogP) is 8.55. The number of piperidine rings is 2. The van der Waals surface area contributed by atoms with Crippen LogP contribution in [0.3, 0.4) is 0 Å². The molecule has 8 aromatic rings.